The highest BCUT2D eigenvalue weighted by atomic mass is 32.2. The van der Waals surface area contributed by atoms with Crippen molar-refractivity contribution in [3.05, 3.63) is 31.9 Å². The third-order valence-corrected chi connectivity index (χ3v) is 7.33. The molecule has 0 N–H and O–H groups in total. The van der Waals surface area contributed by atoms with Crippen molar-refractivity contribution < 1.29 is 4.79 Å². The number of aromatic nitrogens is 1. The van der Waals surface area contributed by atoms with Crippen LogP contribution in [0.4, 0.5) is 5.82 Å². The lowest BCUT2D eigenvalue weighted by atomic mass is 10.0. The van der Waals surface area contributed by atoms with E-state index in [-0.39, 0.29) is 23.1 Å². The van der Waals surface area contributed by atoms with Gasteiger partial charge in [-0.3, -0.25) is 19.1 Å². The molecular formula is C22H28N4O2S2. The molecule has 1 unspecified atom stereocenters. The molecule has 0 aromatic carbocycles. The van der Waals surface area contributed by atoms with Crippen molar-refractivity contribution in [3.63, 3.8) is 0 Å². The SMILES string of the molecule is CCC(C)N1C(=O)C(=Cc2c(C)c(C#N)c(=O)n(C)c2N2CCCCCC2)SC1=S. The summed E-state index contributed by atoms with van der Waals surface area (Å²) in [5.74, 6) is 0.681. The fourth-order valence-corrected chi connectivity index (χ4v) is 5.49. The van der Waals surface area contributed by atoms with E-state index in [2.05, 4.69) is 11.0 Å². The quantitative estimate of drug-likeness (QED) is 0.517. The third-order valence-electron chi connectivity index (χ3n) is 6.00. The van der Waals surface area contributed by atoms with Gasteiger partial charge in [-0.1, -0.05) is 43.7 Å². The van der Waals surface area contributed by atoms with Gasteiger partial charge in [0.15, 0.2) is 0 Å². The Hall–Kier alpha value is -2.11. The minimum absolute atomic E-state index is 0.0318. The Bertz CT molecular complexity index is 998. The van der Waals surface area contributed by atoms with E-state index in [0.29, 0.717) is 14.8 Å². The summed E-state index contributed by atoms with van der Waals surface area (Å²) in [6.45, 7) is 7.52. The first-order chi connectivity index (χ1) is 14.3. The minimum atomic E-state index is -0.293. The number of nitrogens with zero attached hydrogens (tertiary/aromatic N) is 4. The average Bonchev–Trinajstić information content (AvgIpc) is 2.90. The smallest absolute Gasteiger partial charge is 0.270 e. The highest BCUT2D eigenvalue weighted by molar-refractivity contribution is 8.26. The van der Waals surface area contributed by atoms with Crippen molar-refractivity contribution >= 4 is 46.1 Å². The number of carbonyl (C=O) groups is 1. The molecule has 30 heavy (non-hydrogen) atoms. The van der Waals surface area contributed by atoms with Crippen LogP contribution in [0, 0.1) is 18.3 Å². The number of hydrogen-bond acceptors (Lipinski definition) is 6. The van der Waals surface area contributed by atoms with Gasteiger partial charge < -0.3 is 4.90 Å². The molecule has 8 heteroatoms. The number of pyridine rings is 1. The summed E-state index contributed by atoms with van der Waals surface area (Å²) in [5.41, 5.74) is 1.21. The highest BCUT2D eigenvalue weighted by Gasteiger charge is 2.35. The minimum Gasteiger partial charge on any atom is -0.357 e. The van der Waals surface area contributed by atoms with E-state index in [1.165, 1.54) is 24.6 Å². The van der Waals surface area contributed by atoms with Crippen molar-refractivity contribution in [2.24, 2.45) is 7.05 Å². The predicted octanol–water partition coefficient (Wildman–Crippen LogP) is 3.95. The lowest BCUT2D eigenvalue weighted by Crippen LogP contribution is -2.36. The number of thiocarbonyl (C=S) groups is 1. The van der Waals surface area contributed by atoms with Gasteiger partial charge in [-0.25, -0.2) is 0 Å². The topological polar surface area (TPSA) is 69.3 Å². The second-order valence-electron chi connectivity index (χ2n) is 7.92. The normalized spacial score (nSPS) is 19.9. The van der Waals surface area contributed by atoms with Gasteiger partial charge in [0.25, 0.3) is 11.5 Å². The van der Waals surface area contributed by atoms with Crippen LogP contribution in [0.2, 0.25) is 0 Å². The number of rotatable bonds is 4. The summed E-state index contributed by atoms with van der Waals surface area (Å²) in [6, 6.07) is 2.09. The summed E-state index contributed by atoms with van der Waals surface area (Å²) in [5, 5.41) is 9.60. The number of thioether (sulfide) groups is 1. The Morgan fingerprint density at radius 2 is 1.87 bits per heavy atom. The molecular weight excluding hydrogens is 416 g/mol. The monoisotopic (exact) mass is 444 g/mol. The molecule has 3 heterocycles. The van der Waals surface area contributed by atoms with E-state index >= 15 is 0 Å². The summed E-state index contributed by atoms with van der Waals surface area (Å²) >= 11 is 6.76. The third kappa shape index (κ3) is 4.06. The maximum atomic E-state index is 13.1. The fourth-order valence-electron chi connectivity index (χ4n) is 4.05. The number of carbonyl (C=O) groups excluding carboxylic acids is 1. The summed E-state index contributed by atoms with van der Waals surface area (Å²) in [4.78, 5) is 30.4. The molecule has 2 aliphatic heterocycles. The maximum Gasteiger partial charge on any atom is 0.270 e. The number of anilines is 1. The van der Waals surface area contributed by atoms with E-state index in [1.54, 1.807) is 23.4 Å². The van der Waals surface area contributed by atoms with Crippen LogP contribution in [0.3, 0.4) is 0 Å². The van der Waals surface area contributed by atoms with Gasteiger partial charge in [-0.05, 0) is 44.7 Å². The number of nitriles is 1. The summed E-state index contributed by atoms with van der Waals surface area (Å²) < 4.78 is 2.12. The van der Waals surface area contributed by atoms with Gasteiger partial charge in [0, 0.05) is 31.7 Å². The number of amides is 1. The molecule has 0 spiro atoms. The fraction of sp³-hybridized carbons (Fsp3) is 0.545. The Morgan fingerprint density at radius 3 is 2.43 bits per heavy atom. The van der Waals surface area contributed by atoms with Crippen LogP contribution in [-0.2, 0) is 11.8 Å². The zero-order valence-electron chi connectivity index (χ0n) is 18.0. The van der Waals surface area contributed by atoms with Crippen LogP contribution in [0.1, 0.15) is 62.6 Å². The van der Waals surface area contributed by atoms with Crippen LogP contribution in [0.5, 0.6) is 0 Å². The lowest BCUT2D eigenvalue weighted by molar-refractivity contribution is -0.123. The van der Waals surface area contributed by atoms with E-state index < -0.39 is 0 Å². The Morgan fingerprint density at radius 1 is 1.23 bits per heavy atom. The molecule has 1 atom stereocenters. The number of hydrogen-bond donors (Lipinski definition) is 0. The highest BCUT2D eigenvalue weighted by Crippen LogP contribution is 2.37. The van der Waals surface area contributed by atoms with Crippen molar-refractivity contribution in [1.82, 2.24) is 9.47 Å². The molecule has 0 aliphatic carbocycles. The maximum absolute atomic E-state index is 13.1. The molecule has 0 saturated carbocycles. The molecule has 0 bridgehead atoms. The van der Waals surface area contributed by atoms with Crippen LogP contribution in [0.25, 0.3) is 6.08 Å². The van der Waals surface area contributed by atoms with Crippen LogP contribution < -0.4 is 10.5 Å². The van der Waals surface area contributed by atoms with Gasteiger partial charge in [0.2, 0.25) is 0 Å². The Labute approximate surface area is 187 Å². The van der Waals surface area contributed by atoms with Gasteiger partial charge in [-0.15, -0.1) is 0 Å². The second-order valence-corrected chi connectivity index (χ2v) is 9.60. The molecule has 1 aromatic heterocycles. The summed E-state index contributed by atoms with van der Waals surface area (Å²) in [6.07, 6.45) is 7.10. The second kappa shape index (κ2) is 9.36. The molecule has 2 saturated heterocycles. The largest absolute Gasteiger partial charge is 0.357 e. The molecule has 1 amide bonds. The zero-order chi connectivity index (χ0) is 22.0. The van der Waals surface area contributed by atoms with Crippen molar-refractivity contribution in [3.8, 4) is 6.07 Å². The molecule has 3 rings (SSSR count). The van der Waals surface area contributed by atoms with Crippen LogP contribution in [-0.4, -0.2) is 38.8 Å². The van der Waals surface area contributed by atoms with Crippen molar-refractivity contribution in [1.29, 1.82) is 5.26 Å². The van der Waals surface area contributed by atoms with Gasteiger partial charge in [0.1, 0.15) is 21.8 Å². The molecule has 1 aromatic rings. The molecule has 160 valence electrons. The molecule has 6 nitrogen and oxygen atoms in total. The molecule has 2 fully saturated rings. The van der Waals surface area contributed by atoms with Crippen molar-refractivity contribution in [2.75, 3.05) is 18.0 Å². The van der Waals surface area contributed by atoms with Gasteiger partial charge in [0.05, 0.1) is 4.91 Å². The van der Waals surface area contributed by atoms with Crippen molar-refractivity contribution in [2.45, 2.75) is 58.9 Å². The van der Waals surface area contributed by atoms with E-state index in [1.807, 2.05) is 19.9 Å². The Kier molecular flexibility index (Phi) is 7.04. The average molecular weight is 445 g/mol. The molecule has 0 radical (unpaired) electrons. The first-order valence-corrected chi connectivity index (χ1v) is 11.7. The standard InChI is InChI=1S/C22H28N4O2S2/c1-5-14(2)26-21(28)18(30-22(26)29)12-16-15(3)17(13-23)20(27)24(4)19(16)25-10-8-6-7-9-11-25/h12,14H,5-11H2,1-4H3. The summed E-state index contributed by atoms with van der Waals surface area (Å²) in [7, 11) is 1.71. The van der Waals surface area contributed by atoms with Crippen LogP contribution >= 0.6 is 24.0 Å². The van der Waals surface area contributed by atoms with E-state index in [4.69, 9.17) is 12.2 Å². The van der Waals surface area contributed by atoms with Gasteiger partial charge in [-0.2, -0.15) is 5.26 Å². The van der Waals surface area contributed by atoms with E-state index in [0.717, 1.165) is 43.7 Å². The zero-order valence-corrected chi connectivity index (χ0v) is 19.7. The predicted molar refractivity (Wildman–Crippen MR) is 127 cm³/mol. The molecule has 2 aliphatic rings. The van der Waals surface area contributed by atoms with E-state index in [9.17, 15) is 14.9 Å². The lowest BCUT2D eigenvalue weighted by Gasteiger charge is -2.28. The first-order valence-electron chi connectivity index (χ1n) is 10.5. The first kappa shape index (κ1) is 22.6. The van der Waals surface area contributed by atoms with Gasteiger partial charge >= 0.3 is 0 Å². The van der Waals surface area contributed by atoms with Crippen LogP contribution in [0.15, 0.2) is 9.70 Å². The Balaban J connectivity index is 2.18.